The number of hydrogen-bond donors (Lipinski definition) is 1. The molecule has 1 fully saturated rings. The van der Waals surface area contributed by atoms with Crippen molar-refractivity contribution >= 4 is 5.97 Å². The lowest BCUT2D eigenvalue weighted by Crippen LogP contribution is -2.21. The Labute approximate surface area is 79.0 Å². The maximum atomic E-state index is 10.3. The van der Waals surface area contributed by atoms with E-state index in [4.69, 9.17) is 5.11 Å². The van der Waals surface area contributed by atoms with Gasteiger partial charge in [0.25, 0.3) is 0 Å². The first kappa shape index (κ1) is 10.1. The van der Waals surface area contributed by atoms with E-state index in [1.54, 1.807) is 6.20 Å². The lowest BCUT2D eigenvalue weighted by Gasteiger charge is -2.18. The smallest absolute Gasteiger partial charge is 0.329 e. The molecule has 0 aromatic heterocycles. The maximum Gasteiger partial charge on any atom is 0.329 e. The van der Waals surface area contributed by atoms with Crippen LogP contribution in [-0.4, -0.2) is 29.1 Å². The van der Waals surface area contributed by atoms with Crippen molar-refractivity contribution in [1.29, 1.82) is 0 Å². The molecule has 3 nitrogen and oxygen atoms in total. The summed E-state index contributed by atoms with van der Waals surface area (Å²) in [6.07, 6.45) is 6.60. The van der Waals surface area contributed by atoms with Crippen molar-refractivity contribution in [3.05, 3.63) is 12.3 Å². The van der Waals surface area contributed by atoms with Crippen LogP contribution in [0.1, 0.15) is 26.2 Å². The average Bonchev–Trinajstić information content (AvgIpc) is 2.84. The Morgan fingerprint density at radius 3 is 2.77 bits per heavy atom. The lowest BCUT2D eigenvalue weighted by atomic mass is 10.3. The molecule has 74 valence electrons. The highest BCUT2D eigenvalue weighted by molar-refractivity contribution is 5.79. The molecule has 1 aliphatic carbocycles. The molecule has 0 spiro atoms. The van der Waals surface area contributed by atoms with Crippen molar-refractivity contribution in [3.63, 3.8) is 0 Å². The molecule has 0 radical (unpaired) electrons. The second kappa shape index (κ2) is 4.90. The molecule has 0 aliphatic heterocycles. The molecule has 1 aliphatic rings. The summed E-state index contributed by atoms with van der Waals surface area (Å²) in [4.78, 5) is 12.4. The third-order valence-corrected chi connectivity index (χ3v) is 2.13. The summed E-state index contributed by atoms with van der Waals surface area (Å²) in [5.74, 6) is -0.0538. The summed E-state index contributed by atoms with van der Waals surface area (Å²) < 4.78 is 0. The van der Waals surface area contributed by atoms with Gasteiger partial charge >= 0.3 is 5.97 Å². The highest BCUT2D eigenvalue weighted by Crippen LogP contribution is 2.29. The standard InChI is InChI=1S/C10H17NO2/c1-2-6-11(7-5-10(12)13)8-9-3-4-9/h5,7,9H,2-4,6,8H2,1H3,(H,12,13). The quantitative estimate of drug-likeness (QED) is 0.637. The van der Waals surface area contributed by atoms with Gasteiger partial charge in [0, 0.05) is 25.4 Å². The molecular weight excluding hydrogens is 166 g/mol. The highest BCUT2D eigenvalue weighted by Gasteiger charge is 2.22. The number of hydrogen-bond acceptors (Lipinski definition) is 2. The van der Waals surface area contributed by atoms with Crippen molar-refractivity contribution in [1.82, 2.24) is 4.90 Å². The van der Waals surface area contributed by atoms with Crippen LogP contribution in [-0.2, 0) is 4.79 Å². The first-order valence-corrected chi connectivity index (χ1v) is 4.87. The predicted octanol–water partition coefficient (Wildman–Crippen LogP) is 1.71. The van der Waals surface area contributed by atoms with Gasteiger partial charge in [-0.15, -0.1) is 0 Å². The van der Waals surface area contributed by atoms with Gasteiger partial charge in [0.15, 0.2) is 0 Å². The number of aliphatic carboxylic acids is 1. The van der Waals surface area contributed by atoms with E-state index in [2.05, 4.69) is 11.8 Å². The van der Waals surface area contributed by atoms with Crippen LogP contribution in [0, 0.1) is 5.92 Å². The molecule has 0 bridgehead atoms. The molecule has 1 saturated carbocycles. The van der Waals surface area contributed by atoms with Crippen molar-refractivity contribution in [3.8, 4) is 0 Å². The van der Waals surface area contributed by atoms with Gasteiger partial charge in [0.1, 0.15) is 0 Å². The van der Waals surface area contributed by atoms with Gasteiger partial charge in [0.05, 0.1) is 0 Å². The van der Waals surface area contributed by atoms with Crippen LogP contribution >= 0.6 is 0 Å². The molecule has 0 aromatic carbocycles. The fourth-order valence-electron chi connectivity index (χ4n) is 1.32. The van der Waals surface area contributed by atoms with Gasteiger partial charge in [0.2, 0.25) is 0 Å². The van der Waals surface area contributed by atoms with Crippen LogP contribution in [0.25, 0.3) is 0 Å². The van der Waals surface area contributed by atoms with E-state index >= 15 is 0 Å². The summed E-state index contributed by atoms with van der Waals surface area (Å²) in [6.45, 7) is 4.09. The first-order chi connectivity index (χ1) is 6.22. The number of nitrogens with zero attached hydrogens (tertiary/aromatic N) is 1. The minimum atomic E-state index is -0.864. The van der Waals surface area contributed by atoms with Crippen LogP contribution in [0.4, 0.5) is 0 Å². The van der Waals surface area contributed by atoms with Gasteiger partial charge in [-0.3, -0.25) is 0 Å². The van der Waals surface area contributed by atoms with Crippen LogP contribution in [0.5, 0.6) is 0 Å². The minimum absolute atomic E-state index is 0.810. The van der Waals surface area contributed by atoms with Crippen LogP contribution < -0.4 is 0 Å². The van der Waals surface area contributed by atoms with Crippen LogP contribution in [0.3, 0.4) is 0 Å². The van der Waals surface area contributed by atoms with E-state index in [9.17, 15) is 4.79 Å². The molecule has 0 heterocycles. The Morgan fingerprint density at radius 2 is 2.31 bits per heavy atom. The molecule has 1 N–H and O–H groups in total. The Bertz CT molecular complexity index is 197. The van der Waals surface area contributed by atoms with E-state index in [-0.39, 0.29) is 0 Å². The molecule has 0 atom stereocenters. The Balaban J connectivity index is 2.30. The molecule has 0 unspecified atom stereocenters. The number of carboxylic acids is 1. The molecule has 13 heavy (non-hydrogen) atoms. The van der Waals surface area contributed by atoms with E-state index < -0.39 is 5.97 Å². The number of carboxylic acid groups (broad SMARTS) is 1. The second-order valence-electron chi connectivity index (χ2n) is 3.59. The van der Waals surface area contributed by atoms with Gasteiger partial charge in [-0.05, 0) is 25.2 Å². The fourth-order valence-corrected chi connectivity index (χ4v) is 1.32. The summed E-state index contributed by atoms with van der Waals surface area (Å²) in [7, 11) is 0. The Morgan fingerprint density at radius 1 is 1.62 bits per heavy atom. The fraction of sp³-hybridized carbons (Fsp3) is 0.700. The van der Waals surface area contributed by atoms with Gasteiger partial charge in [-0.25, -0.2) is 4.79 Å². The summed E-state index contributed by atoms with van der Waals surface area (Å²) in [5, 5.41) is 8.47. The predicted molar refractivity (Wildman–Crippen MR) is 51.4 cm³/mol. The molecule has 1 rings (SSSR count). The van der Waals surface area contributed by atoms with Gasteiger partial charge in [-0.1, -0.05) is 6.92 Å². The zero-order chi connectivity index (χ0) is 9.68. The first-order valence-electron chi connectivity index (χ1n) is 4.87. The van der Waals surface area contributed by atoms with E-state index in [0.717, 1.165) is 25.4 Å². The second-order valence-corrected chi connectivity index (χ2v) is 3.59. The SMILES string of the molecule is CCCN(C=CC(=O)O)CC1CC1. The van der Waals surface area contributed by atoms with Gasteiger partial charge < -0.3 is 10.0 Å². The maximum absolute atomic E-state index is 10.3. The summed E-state index contributed by atoms with van der Waals surface area (Å²) in [6, 6.07) is 0. The normalized spacial score (nSPS) is 16.4. The zero-order valence-corrected chi connectivity index (χ0v) is 8.07. The van der Waals surface area contributed by atoms with Crippen molar-refractivity contribution < 1.29 is 9.90 Å². The van der Waals surface area contributed by atoms with Crippen molar-refractivity contribution in [2.75, 3.05) is 13.1 Å². The molecule has 0 saturated heterocycles. The summed E-state index contributed by atoms with van der Waals surface area (Å²) >= 11 is 0. The van der Waals surface area contributed by atoms with E-state index in [1.807, 2.05) is 0 Å². The Kier molecular flexibility index (Phi) is 3.80. The minimum Gasteiger partial charge on any atom is -0.478 e. The van der Waals surface area contributed by atoms with E-state index in [1.165, 1.54) is 18.9 Å². The topological polar surface area (TPSA) is 40.5 Å². The van der Waals surface area contributed by atoms with Gasteiger partial charge in [-0.2, -0.15) is 0 Å². The van der Waals surface area contributed by atoms with Crippen LogP contribution in [0.15, 0.2) is 12.3 Å². The monoisotopic (exact) mass is 183 g/mol. The summed E-state index contributed by atoms with van der Waals surface area (Å²) in [5.41, 5.74) is 0. The van der Waals surface area contributed by atoms with Crippen LogP contribution in [0.2, 0.25) is 0 Å². The highest BCUT2D eigenvalue weighted by atomic mass is 16.4. The molecule has 0 amide bonds. The number of rotatable bonds is 6. The average molecular weight is 183 g/mol. The molecule has 3 heteroatoms. The molecular formula is C10H17NO2. The lowest BCUT2D eigenvalue weighted by molar-refractivity contribution is -0.131. The number of carbonyl (C=O) groups is 1. The third kappa shape index (κ3) is 4.55. The zero-order valence-electron chi connectivity index (χ0n) is 8.07. The Hall–Kier alpha value is -0.990. The van der Waals surface area contributed by atoms with Crippen molar-refractivity contribution in [2.24, 2.45) is 5.92 Å². The third-order valence-electron chi connectivity index (χ3n) is 2.13. The van der Waals surface area contributed by atoms with Crippen molar-refractivity contribution in [2.45, 2.75) is 26.2 Å². The van der Waals surface area contributed by atoms with E-state index in [0.29, 0.717) is 0 Å². The molecule has 0 aromatic rings. The largest absolute Gasteiger partial charge is 0.478 e.